The fraction of sp³-hybridized carbons (Fsp3) is 0.615. The van der Waals surface area contributed by atoms with Gasteiger partial charge in [0.05, 0.1) is 6.54 Å². The number of amides is 1. The van der Waals surface area contributed by atoms with Crippen LogP contribution in [0.2, 0.25) is 0 Å². The molecule has 1 aromatic rings. The summed E-state index contributed by atoms with van der Waals surface area (Å²) in [4.78, 5) is 13.9. The minimum Gasteiger partial charge on any atom is -0.471 e. The van der Waals surface area contributed by atoms with Crippen LogP contribution < -0.4 is 4.74 Å². The molecule has 1 unspecified atom stereocenters. The maximum atomic E-state index is 11.9. The van der Waals surface area contributed by atoms with E-state index in [9.17, 15) is 4.79 Å². The zero-order valence-electron chi connectivity index (χ0n) is 10.3. The van der Waals surface area contributed by atoms with Gasteiger partial charge in [-0.05, 0) is 24.8 Å². The lowest BCUT2D eigenvalue weighted by molar-refractivity contribution is -0.130. The largest absolute Gasteiger partial charge is 0.471 e. The highest BCUT2D eigenvalue weighted by Gasteiger charge is 2.31. The standard InChI is InChI=1S/C13H17N3O2/c17-13(8-10-3-4-10)16-7-5-11(9-16)18-12-2-1-6-14-15-12/h1-2,6,10-11H,3-5,7-9H2. The number of hydrogen-bond acceptors (Lipinski definition) is 4. The van der Waals surface area contributed by atoms with Crippen molar-refractivity contribution >= 4 is 5.91 Å². The number of aromatic nitrogens is 2. The van der Waals surface area contributed by atoms with E-state index in [4.69, 9.17) is 4.74 Å². The average molecular weight is 247 g/mol. The van der Waals surface area contributed by atoms with Crippen molar-refractivity contribution in [3.05, 3.63) is 18.3 Å². The van der Waals surface area contributed by atoms with Crippen molar-refractivity contribution in [1.29, 1.82) is 0 Å². The molecule has 5 heteroatoms. The molecule has 0 N–H and O–H groups in total. The molecule has 1 atom stereocenters. The van der Waals surface area contributed by atoms with Crippen molar-refractivity contribution in [3.63, 3.8) is 0 Å². The summed E-state index contributed by atoms with van der Waals surface area (Å²) >= 11 is 0. The van der Waals surface area contributed by atoms with Gasteiger partial charge >= 0.3 is 0 Å². The molecule has 1 saturated carbocycles. The molecule has 3 rings (SSSR count). The summed E-state index contributed by atoms with van der Waals surface area (Å²) in [6.45, 7) is 1.48. The van der Waals surface area contributed by atoms with Gasteiger partial charge in [0.2, 0.25) is 11.8 Å². The van der Waals surface area contributed by atoms with Crippen molar-refractivity contribution in [2.24, 2.45) is 5.92 Å². The van der Waals surface area contributed by atoms with E-state index < -0.39 is 0 Å². The van der Waals surface area contributed by atoms with Gasteiger partial charge in [0, 0.05) is 31.6 Å². The molecular formula is C13H17N3O2. The Morgan fingerprint density at radius 1 is 1.44 bits per heavy atom. The molecule has 1 aliphatic carbocycles. The molecule has 1 aromatic heterocycles. The Labute approximate surface area is 106 Å². The third-order valence-electron chi connectivity index (χ3n) is 3.49. The summed E-state index contributed by atoms with van der Waals surface area (Å²) in [5, 5.41) is 7.67. The Hall–Kier alpha value is -1.65. The highest BCUT2D eigenvalue weighted by molar-refractivity contribution is 5.77. The van der Waals surface area contributed by atoms with Gasteiger partial charge in [0.1, 0.15) is 6.10 Å². The number of carbonyl (C=O) groups is 1. The molecule has 1 aliphatic heterocycles. The predicted molar refractivity (Wildman–Crippen MR) is 65.0 cm³/mol. The van der Waals surface area contributed by atoms with Crippen LogP contribution in [-0.2, 0) is 4.79 Å². The van der Waals surface area contributed by atoms with E-state index in [2.05, 4.69) is 10.2 Å². The number of nitrogens with zero attached hydrogens (tertiary/aromatic N) is 3. The maximum Gasteiger partial charge on any atom is 0.233 e. The zero-order valence-corrected chi connectivity index (χ0v) is 10.3. The monoisotopic (exact) mass is 247 g/mol. The van der Waals surface area contributed by atoms with Crippen LogP contribution in [0.5, 0.6) is 5.88 Å². The van der Waals surface area contributed by atoms with Gasteiger partial charge in [-0.2, -0.15) is 5.10 Å². The molecule has 2 fully saturated rings. The summed E-state index contributed by atoms with van der Waals surface area (Å²) in [5.41, 5.74) is 0. The fourth-order valence-electron chi connectivity index (χ4n) is 2.27. The first-order valence-electron chi connectivity index (χ1n) is 6.53. The molecule has 5 nitrogen and oxygen atoms in total. The second-order valence-electron chi connectivity index (χ2n) is 5.08. The summed E-state index contributed by atoms with van der Waals surface area (Å²) in [5.74, 6) is 1.47. The summed E-state index contributed by atoms with van der Waals surface area (Å²) < 4.78 is 5.71. The van der Waals surface area contributed by atoms with E-state index in [1.165, 1.54) is 12.8 Å². The number of rotatable bonds is 4. The van der Waals surface area contributed by atoms with Gasteiger partial charge in [0.15, 0.2) is 0 Å². The summed E-state index contributed by atoms with van der Waals surface area (Å²) in [6, 6.07) is 3.59. The van der Waals surface area contributed by atoms with Gasteiger partial charge in [0.25, 0.3) is 0 Å². The molecule has 2 heterocycles. The molecule has 1 saturated heterocycles. The van der Waals surface area contributed by atoms with E-state index in [1.807, 2.05) is 4.90 Å². The SMILES string of the molecule is O=C(CC1CC1)N1CCC(Oc2cccnn2)C1. The van der Waals surface area contributed by atoms with Crippen molar-refractivity contribution in [3.8, 4) is 5.88 Å². The summed E-state index contributed by atoms with van der Waals surface area (Å²) in [6.07, 6.45) is 5.72. The third kappa shape index (κ3) is 2.78. The first-order chi connectivity index (χ1) is 8.81. The number of hydrogen-bond donors (Lipinski definition) is 0. The van der Waals surface area contributed by atoms with Crippen LogP contribution in [0.4, 0.5) is 0 Å². The molecule has 96 valence electrons. The lowest BCUT2D eigenvalue weighted by Crippen LogP contribution is -2.31. The lowest BCUT2D eigenvalue weighted by atomic mass is 10.2. The van der Waals surface area contributed by atoms with E-state index in [-0.39, 0.29) is 12.0 Å². The minimum atomic E-state index is 0.0600. The van der Waals surface area contributed by atoms with Gasteiger partial charge in [-0.1, -0.05) is 0 Å². The molecule has 0 spiro atoms. The van der Waals surface area contributed by atoms with E-state index in [0.29, 0.717) is 18.3 Å². The quantitative estimate of drug-likeness (QED) is 0.803. The molecular weight excluding hydrogens is 230 g/mol. The van der Waals surface area contributed by atoms with Crippen LogP contribution in [0.15, 0.2) is 18.3 Å². The number of ether oxygens (including phenoxy) is 1. The predicted octanol–water partition coefficient (Wildman–Crippen LogP) is 1.26. The van der Waals surface area contributed by atoms with Crippen LogP contribution in [0.1, 0.15) is 25.7 Å². The Morgan fingerprint density at radius 3 is 3.06 bits per heavy atom. The van der Waals surface area contributed by atoms with Crippen molar-refractivity contribution in [1.82, 2.24) is 15.1 Å². The average Bonchev–Trinajstić information content (AvgIpc) is 3.07. The van der Waals surface area contributed by atoms with Gasteiger partial charge in [-0.25, -0.2) is 0 Å². The number of carbonyl (C=O) groups excluding carboxylic acids is 1. The first-order valence-corrected chi connectivity index (χ1v) is 6.53. The molecule has 0 radical (unpaired) electrons. The fourth-order valence-corrected chi connectivity index (χ4v) is 2.27. The smallest absolute Gasteiger partial charge is 0.233 e. The van der Waals surface area contributed by atoms with Crippen molar-refractivity contribution in [2.75, 3.05) is 13.1 Å². The van der Waals surface area contributed by atoms with Gasteiger partial charge in [-0.3, -0.25) is 4.79 Å². The highest BCUT2D eigenvalue weighted by Crippen LogP contribution is 2.33. The molecule has 1 amide bonds. The second-order valence-corrected chi connectivity index (χ2v) is 5.08. The normalized spacial score (nSPS) is 23.1. The topological polar surface area (TPSA) is 55.3 Å². The Morgan fingerprint density at radius 2 is 2.33 bits per heavy atom. The van der Waals surface area contributed by atoms with Crippen molar-refractivity contribution in [2.45, 2.75) is 31.8 Å². The van der Waals surface area contributed by atoms with Crippen LogP contribution in [-0.4, -0.2) is 40.2 Å². The molecule has 2 aliphatic rings. The molecule has 0 bridgehead atoms. The minimum absolute atomic E-state index is 0.0600. The van der Waals surface area contributed by atoms with E-state index in [1.54, 1.807) is 18.3 Å². The number of likely N-dealkylation sites (tertiary alicyclic amines) is 1. The van der Waals surface area contributed by atoms with E-state index in [0.717, 1.165) is 19.4 Å². The third-order valence-corrected chi connectivity index (χ3v) is 3.49. The Kier molecular flexibility index (Phi) is 3.13. The second kappa shape index (κ2) is 4.92. The summed E-state index contributed by atoms with van der Waals surface area (Å²) in [7, 11) is 0. The molecule has 0 aromatic carbocycles. The lowest BCUT2D eigenvalue weighted by Gasteiger charge is -2.16. The van der Waals surface area contributed by atoms with Crippen LogP contribution in [0.3, 0.4) is 0 Å². The highest BCUT2D eigenvalue weighted by atomic mass is 16.5. The Balaban J connectivity index is 1.50. The van der Waals surface area contributed by atoms with E-state index >= 15 is 0 Å². The van der Waals surface area contributed by atoms with Crippen molar-refractivity contribution < 1.29 is 9.53 Å². The first kappa shape index (κ1) is 11.4. The van der Waals surface area contributed by atoms with Crippen LogP contribution in [0, 0.1) is 5.92 Å². The zero-order chi connectivity index (χ0) is 12.4. The Bertz CT molecular complexity index is 420. The maximum absolute atomic E-state index is 11.9. The molecule has 18 heavy (non-hydrogen) atoms. The van der Waals surface area contributed by atoms with Gasteiger partial charge < -0.3 is 9.64 Å². The van der Waals surface area contributed by atoms with Crippen LogP contribution >= 0.6 is 0 Å². The van der Waals surface area contributed by atoms with Gasteiger partial charge in [-0.15, -0.1) is 5.10 Å². The van der Waals surface area contributed by atoms with Crippen LogP contribution in [0.25, 0.3) is 0 Å².